The molecule has 0 saturated carbocycles. The van der Waals surface area contributed by atoms with Gasteiger partial charge in [-0.1, -0.05) is 24.3 Å². The number of carbonyl (C=O) groups is 2. The van der Waals surface area contributed by atoms with Gasteiger partial charge in [0.15, 0.2) is 0 Å². The molecule has 1 saturated heterocycles. The fourth-order valence-corrected chi connectivity index (χ4v) is 3.43. The summed E-state index contributed by atoms with van der Waals surface area (Å²) in [6, 6.07) is 8.31. The number of nitrogens with zero attached hydrogens (tertiary/aromatic N) is 2. The molecule has 2 aliphatic heterocycles. The minimum absolute atomic E-state index is 0.108. The highest BCUT2D eigenvalue weighted by Crippen LogP contribution is 2.20. The average Bonchev–Trinajstić information content (AvgIpc) is 2.54. The zero-order valence-corrected chi connectivity index (χ0v) is 12.8. The van der Waals surface area contributed by atoms with Crippen molar-refractivity contribution in [2.75, 3.05) is 26.2 Å². The molecule has 0 aromatic heterocycles. The number of carbonyl (C=O) groups excluding carboxylic acids is 2. The van der Waals surface area contributed by atoms with E-state index in [-0.39, 0.29) is 17.7 Å². The van der Waals surface area contributed by atoms with E-state index in [2.05, 4.69) is 17.0 Å². The van der Waals surface area contributed by atoms with Gasteiger partial charge in [0, 0.05) is 19.6 Å². The number of benzene rings is 1. The zero-order valence-electron chi connectivity index (χ0n) is 12.8. The van der Waals surface area contributed by atoms with Gasteiger partial charge in [0.05, 0.1) is 12.5 Å². The van der Waals surface area contributed by atoms with E-state index in [1.54, 1.807) is 0 Å². The van der Waals surface area contributed by atoms with E-state index in [0.717, 1.165) is 32.4 Å². The third-order valence-corrected chi connectivity index (χ3v) is 4.75. The number of amides is 2. The van der Waals surface area contributed by atoms with Crippen LogP contribution in [-0.2, 0) is 22.6 Å². The maximum atomic E-state index is 12.5. The molecule has 5 nitrogen and oxygen atoms in total. The monoisotopic (exact) mass is 301 g/mol. The number of nitrogens with two attached hydrogens (primary N) is 1. The van der Waals surface area contributed by atoms with E-state index < -0.39 is 0 Å². The third kappa shape index (κ3) is 3.30. The van der Waals surface area contributed by atoms with Gasteiger partial charge in [0.25, 0.3) is 0 Å². The molecular weight excluding hydrogens is 278 g/mol. The highest BCUT2D eigenvalue weighted by molar-refractivity contribution is 5.79. The number of likely N-dealkylation sites (tertiary alicyclic amines) is 1. The van der Waals surface area contributed by atoms with Gasteiger partial charge in [-0.15, -0.1) is 0 Å². The zero-order chi connectivity index (χ0) is 15.5. The van der Waals surface area contributed by atoms with Gasteiger partial charge in [-0.3, -0.25) is 14.5 Å². The first-order chi connectivity index (χ1) is 10.6. The largest absolute Gasteiger partial charge is 0.369 e. The Kier molecular flexibility index (Phi) is 4.43. The first-order valence-electron chi connectivity index (χ1n) is 7.99. The van der Waals surface area contributed by atoms with Crippen LogP contribution in [0, 0.1) is 5.92 Å². The van der Waals surface area contributed by atoms with Crippen molar-refractivity contribution in [1.29, 1.82) is 0 Å². The lowest BCUT2D eigenvalue weighted by Crippen LogP contribution is -2.47. The topological polar surface area (TPSA) is 66.6 Å². The van der Waals surface area contributed by atoms with Gasteiger partial charge in [-0.2, -0.15) is 0 Å². The van der Waals surface area contributed by atoms with E-state index in [1.165, 1.54) is 11.1 Å². The minimum atomic E-state index is -0.246. The summed E-state index contributed by atoms with van der Waals surface area (Å²) in [7, 11) is 0. The molecule has 0 bridgehead atoms. The molecule has 2 N–H and O–H groups in total. The second kappa shape index (κ2) is 6.48. The molecule has 1 fully saturated rings. The summed E-state index contributed by atoms with van der Waals surface area (Å²) in [5, 5.41) is 0. The van der Waals surface area contributed by atoms with Gasteiger partial charge in [-0.05, 0) is 36.9 Å². The van der Waals surface area contributed by atoms with Crippen LogP contribution in [0.2, 0.25) is 0 Å². The molecule has 0 aliphatic carbocycles. The molecule has 5 heteroatoms. The molecule has 1 aromatic carbocycles. The summed E-state index contributed by atoms with van der Waals surface area (Å²) in [5.41, 5.74) is 7.99. The lowest BCUT2D eigenvalue weighted by molar-refractivity contribution is -0.135. The Balaban J connectivity index is 1.58. The molecule has 2 amide bonds. The molecule has 1 atom stereocenters. The predicted octanol–water partition coefficient (Wildman–Crippen LogP) is 0.769. The lowest BCUT2D eigenvalue weighted by Gasteiger charge is -2.34. The highest BCUT2D eigenvalue weighted by Gasteiger charge is 2.27. The fourth-order valence-electron chi connectivity index (χ4n) is 3.43. The Morgan fingerprint density at radius 2 is 1.95 bits per heavy atom. The van der Waals surface area contributed by atoms with Crippen LogP contribution in [0.3, 0.4) is 0 Å². The summed E-state index contributed by atoms with van der Waals surface area (Å²) in [6.45, 7) is 3.36. The van der Waals surface area contributed by atoms with Crippen LogP contribution < -0.4 is 5.73 Å². The summed E-state index contributed by atoms with van der Waals surface area (Å²) < 4.78 is 0. The van der Waals surface area contributed by atoms with Gasteiger partial charge in [0.1, 0.15) is 0 Å². The summed E-state index contributed by atoms with van der Waals surface area (Å²) in [6.07, 6.45) is 2.70. The Morgan fingerprint density at radius 1 is 1.18 bits per heavy atom. The fraction of sp³-hybridized carbons (Fsp3) is 0.529. The normalized spacial score (nSPS) is 22.2. The van der Waals surface area contributed by atoms with E-state index in [4.69, 9.17) is 5.73 Å². The summed E-state index contributed by atoms with van der Waals surface area (Å²) >= 11 is 0. The van der Waals surface area contributed by atoms with Gasteiger partial charge >= 0.3 is 0 Å². The van der Waals surface area contributed by atoms with Crippen LogP contribution in [0.25, 0.3) is 0 Å². The van der Waals surface area contributed by atoms with Crippen LogP contribution in [-0.4, -0.2) is 47.8 Å². The first-order valence-corrected chi connectivity index (χ1v) is 7.99. The van der Waals surface area contributed by atoms with Crippen LogP contribution in [0.15, 0.2) is 24.3 Å². The minimum Gasteiger partial charge on any atom is -0.369 e. The summed E-state index contributed by atoms with van der Waals surface area (Å²) in [4.78, 5) is 27.8. The number of hydrogen-bond donors (Lipinski definition) is 1. The summed E-state index contributed by atoms with van der Waals surface area (Å²) in [5.74, 6) is -0.202. The molecule has 0 radical (unpaired) electrons. The Hall–Kier alpha value is -1.88. The third-order valence-electron chi connectivity index (χ3n) is 4.75. The molecule has 0 spiro atoms. The highest BCUT2D eigenvalue weighted by atomic mass is 16.2. The van der Waals surface area contributed by atoms with Crippen molar-refractivity contribution in [1.82, 2.24) is 9.80 Å². The van der Waals surface area contributed by atoms with Crippen LogP contribution in [0.1, 0.15) is 24.0 Å². The van der Waals surface area contributed by atoms with Crippen molar-refractivity contribution in [2.24, 2.45) is 11.7 Å². The van der Waals surface area contributed by atoms with Gasteiger partial charge < -0.3 is 10.6 Å². The first kappa shape index (κ1) is 15.0. The second-order valence-electron chi connectivity index (χ2n) is 6.31. The number of piperidine rings is 1. The maximum absolute atomic E-state index is 12.5. The lowest BCUT2D eigenvalue weighted by atomic mass is 9.97. The number of primary amides is 1. The molecule has 2 heterocycles. The molecule has 2 aliphatic rings. The molecular formula is C17H23N3O2. The molecule has 0 unspecified atom stereocenters. The van der Waals surface area contributed by atoms with Crippen molar-refractivity contribution >= 4 is 11.8 Å². The quantitative estimate of drug-likeness (QED) is 0.896. The molecule has 22 heavy (non-hydrogen) atoms. The Labute approximate surface area is 131 Å². The van der Waals surface area contributed by atoms with Crippen LogP contribution in [0.4, 0.5) is 0 Å². The maximum Gasteiger partial charge on any atom is 0.237 e. The van der Waals surface area contributed by atoms with Crippen LogP contribution in [0.5, 0.6) is 0 Å². The SMILES string of the molecule is NC(=O)[C@@H]1CCCN(CC(=O)N2CCc3ccccc3C2)C1. The number of hydrogen-bond acceptors (Lipinski definition) is 3. The van der Waals surface area contributed by atoms with Crippen molar-refractivity contribution in [3.05, 3.63) is 35.4 Å². The van der Waals surface area contributed by atoms with E-state index >= 15 is 0 Å². The average molecular weight is 301 g/mol. The van der Waals surface area contributed by atoms with Crippen molar-refractivity contribution < 1.29 is 9.59 Å². The Bertz CT molecular complexity index is 573. The Morgan fingerprint density at radius 3 is 2.73 bits per heavy atom. The second-order valence-corrected chi connectivity index (χ2v) is 6.31. The number of fused-ring (bicyclic) bond motifs is 1. The molecule has 3 rings (SSSR count). The van der Waals surface area contributed by atoms with Crippen molar-refractivity contribution in [3.63, 3.8) is 0 Å². The van der Waals surface area contributed by atoms with Crippen molar-refractivity contribution in [3.8, 4) is 0 Å². The van der Waals surface area contributed by atoms with E-state index in [9.17, 15) is 9.59 Å². The standard InChI is InChI=1S/C17H23N3O2/c18-17(22)15-6-3-8-19(10-15)12-16(21)20-9-7-13-4-1-2-5-14(13)11-20/h1-2,4-5,15H,3,6-12H2,(H2,18,22)/t15-/m1/s1. The number of rotatable bonds is 3. The van der Waals surface area contributed by atoms with Gasteiger partial charge in [0.2, 0.25) is 11.8 Å². The smallest absolute Gasteiger partial charge is 0.237 e. The van der Waals surface area contributed by atoms with Gasteiger partial charge in [-0.25, -0.2) is 0 Å². The molecule has 118 valence electrons. The predicted molar refractivity (Wildman–Crippen MR) is 83.9 cm³/mol. The van der Waals surface area contributed by atoms with E-state index in [0.29, 0.717) is 19.6 Å². The molecule has 1 aromatic rings. The van der Waals surface area contributed by atoms with E-state index in [1.807, 2.05) is 17.0 Å². The van der Waals surface area contributed by atoms with Crippen LogP contribution >= 0.6 is 0 Å². The van der Waals surface area contributed by atoms with Crippen molar-refractivity contribution in [2.45, 2.75) is 25.8 Å².